The number of hydrogen-bond donors (Lipinski definition) is 3. The molecule has 4 N–H and O–H groups in total. The largest absolute Gasteiger partial charge is 0.398 e. The molecule has 1 aromatic heterocycles. The predicted octanol–water partition coefficient (Wildman–Crippen LogP) is 2.40. The predicted molar refractivity (Wildman–Crippen MR) is 79.3 cm³/mol. The molecule has 1 aromatic carbocycles. The number of rotatable bonds is 5. The molecule has 20 heavy (non-hydrogen) atoms. The molecule has 0 fully saturated rings. The Bertz CT molecular complexity index is 712. The molecule has 0 spiro atoms. The van der Waals surface area contributed by atoms with Gasteiger partial charge in [-0.05, 0) is 24.6 Å². The Labute approximate surface area is 122 Å². The average Bonchev–Trinajstić information content (AvgIpc) is 2.79. The molecular formula is C12H15ClN4O2S. The average molecular weight is 315 g/mol. The van der Waals surface area contributed by atoms with Crippen LogP contribution >= 0.6 is 11.6 Å². The van der Waals surface area contributed by atoms with E-state index >= 15 is 0 Å². The third-order valence-corrected chi connectivity index (χ3v) is 4.30. The Morgan fingerprint density at radius 3 is 2.85 bits per heavy atom. The van der Waals surface area contributed by atoms with Gasteiger partial charge in [0.1, 0.15) is 4.90 Å². The van der Waals surface area contributed by atoms with Crippen molar-refractivity contribution in [1.29, 1.82) is 0 Å². The van der Waals surface area contributed by atoms with Crippen molar-refractivity contribution in [3.8, 4) is 0 Å². The van der Waals surface area contributed by atoms with E-state index in [4.69, 9.17) is 17.3 Å². The number of aromatic nitrogens is 2. The number of hydrogen-bond acceptors (Lipinski definition) is 4. The van der Waals surface area contributed by atoms with Crippen LogP contribution in [0.4, 0.5) is 11.5 Å². The van der Waals surface area contributed by atoms with Crippen LogP contribution in [0, 0.1) is 0 Å². The lowest BCUT2D eigenvalue weighted by atomic mass is 10.2. The SMILES string of the molecule is CCCc1cc(NS(=O)(=O)c2cc(Cl)ccc2N)n[nH]1. The Hall–Kier alpha value is -1.73. The smallest absolute Gasteiger partial charge is 0.265 e. The van der Waals surface area contributed by atoms with Crippen molar-refractivity contribution in [2.45, 2.75) is 24.7 Å². The lowest BCUT2D eigenvalue weighted by Gasteiger charge is -2.08. The van der Waals surface area contributed by atoms with Gasteiger partial charge < -0.3 is 5.73 Å². The van der Waals surface area contributed by atoms with E-state index in [1.54, 1.807) is 6.07 Å². The van der Waals surface area contributed by atoms with Crippen LogP contribution < -0.4 is 10.5 Å². The summed E-state index contributed by atoms with van der Waals surface area (Å²) in [5.41, 5.74) is 6.67. The van der Waals surface area contributed by atoms with Crippen molar-refractivity contribution in [2.24, 2.45) is 0 Å². The van der Waals surface area contributed by atoms with Gasteiger partial charge in [0.2, 0.25) is 0 Å². The minimum atomic E-state index is -3.81. The van der Waals surface area contributed by atoms with Crippen LogP contribution in [0.2, 0.25) is 5.02 Å². The van der Waals surface area contributed by atoms with Crippen molar-refractivity contribution in [1.82, 2.24) is 10.2 Å². The van der Waals surface area contributed by atoms with Gasteiger partial charge in [0.05, 0.1) is 5.69 Å². The zero-order chi connectivity index (χ0) is 14.8. The van der Waals surface area contributed by atoms with Crippen LogP contribution in [0.3, 0.4) is 0 Å². The summed E-state index contributed by atoms with van der Waals surface area (Å²) in [5.74, 6) is 0.229. The molecule has 108 valence electrons. The lowest BCUT2D eigenvalue weighted by molar-refractivity contribution is 0.601. The Kier molecular flexibility index (Phi) is 4.20. The number of aromatic amines is 1. The number of halogens is 1. The third-order valence-electron chi connectivity index (χ3n) is 2.65. The fraction of sp³-hybridized carbons (Fsp3) is 0.250. The van der Waals surface area contributed by atoms with Gasteiger partial charge in [-0.25, -0.2) is 8.42 Å². The van der Waals surface area contributed by atoms with E-state index in [0.29, 0.717) is 5.02 Å². The number of sulfonamides is 1. The number of H-pyrrole nitrogens is 1. The van der Waals surface area contributed by atoms with Crippen molar-refractivity contribution in [3.05, 3.63) is 35.0 Å². The van der Waals surface area contributed by atoms with Gasteiger partial charge in [-0.1, -0.05) is 24.9 Å². The topological polar surface area (TPSA) is 101 Å². The summed E-state index contributed by atoms with van der Waals surface area (Å²) in [5, 5.41) is 6.98. The van der Waals surface area contributed by atoms with Gasteiger partial charge in [0.25, 0.3) is 10.0 Å². The highest BCUT2D eigenvalue weighted by atomic mass is 35.5. The maximum atomic E-state index is 12.2. The molecule has 6 nitrogen and oxygen atoms in total. The zero-order valence-electron chi connectivity index (χ0n) is 10.9. The van der Waals surface area contributed by atoms with Gasteiger partial charge in [0.15, 0.2) is 5.82 Å². The van der Waals surface area contributed by atoms with Crippen LogP contribution in [0.25, 0.3) is 0 Å². The Balaban J connectivity index is 2.28. The number of anilines is 2. The highest BCUT2D eigenvalue weighted by molar-refractivity contribution is 7.92. The lowest BCUT2D eigenvalue weighted by Crippen LogP contribution is -2.15. The van der Waals surface area contributed by atoms with Crippen molar-refractivity contribution >= 4 is 33.1 Å². The number of nitrogens with one attached hydrogen (secondary N) is 2. The minimum Gasteiger partial charge on any atom is -0.398 e. The van der Waals surface area contributed by atoms with Crippen molar-refractivity contribution < 1.29 is 8.42 Å². The van der Waals surface area contributed by atoms with Gasteiger partial charge in [0, 0.05) is 16.8 Å². The second-order valence-electron chi connectivity index (χ2n) is 4.32. The first kappa shape index (κ1) is 14.7. The Morgan fingerprint density at radius 2 is 2.15 bits per heavy atom. The van der Waals surface area contributed by atoms with Crippen LogP contribution in [-0.2, 0) is 16.4 Å². The molecule has 2 aromatic rings. The first-order chi connectivity index (χ1) is 9.42. The second-order valence-corrected chi connectivity index (χ2v) is 6.40. The number of nitrogen functional groups attached to an aromatic ring is 1. The highest BCUT2D eigenvalue weighted by Crippen LogP contribution is 2.24. The molecule has 0 aliphatic carbocycles. The maximum Gasteiger partial charge on any atom is 0.265 e. The van der Waals surface area contributed by atoms with E-state index < -0.39 is 10.0 Å². The first-order valence-electron chi connectivity index (χ1n) is 6.04. The monoisotopic (exact) mass is 314 g/mol. The van der Waals surface area contributed by atoms with Gasteiger partial charge in [-0.15, -0.1) is 0 Å². The normalized spacial score (nSPS) is 11.5. The third kappa shape index (κ3) is 3.23. The molecule has 0 aliphatic heterocycles. The van der Waals surface area contributed by atoms with E-state index in [1.807, 2.05) is 6.92 Å². The summed E-state index contributed by atoms with van der Waals surface area (Å²) in [6.45, 7) is 2.03. The van der Waals surface area contributed by atoms with Gasteiger partial charge >= 0.3 is 0 Å². The molecule has 0 bridgehead atoms. The Morgan fingerprint density at radius 1 is 1.40 bits per heavy atom. The van der Waals surface area contributed by atoms with Crippen molar-refractivity contribution in [2.75, 3.05) is 10.5 Å². The molecule has 1 heterocycles. The molecule has 0 unspecified atom stereocenters. The van der Waals surface area contributed by atoms with Crippen LogP contribution in [0.5, 0.6) is 0 Å². The summed E-state index contributed by atoms with van der Waals surface area (Å²) < 4.78 is 26.8. The molecule has 0 saturated carbocycles. The summed E-state index contributed by atoms with van der Waals surface area (Å²) in [6.07, 6.45) is 1.74. The zero-order valence-corrected chi connectivity index (χ0v) is 12.4. The molecule has 0 atom stereocenters. The van der Waals surface area contributed by atoms with Crippen molar-refractivity contribution in [3.63, 3.8) is 0 Å². The molecular weight excluding hydrogens is 300 g/mol. The van der Waals surface area contributed by atoms with Crippen LogP contribution in [0.1, 0.15) is 19.0 Å². The standard InChI is InChI=1S/C12H15ClN4O2S/c1-2-3-9-7-12(16-15-9)17-20(18,19)11-6-8(13)4-5-10(11)14/h4-7H,2-3,14H2,1H3,(H2,15,16,17). The van der Waals surface area contributed by atoms with E-state index in [9.17, 15) is 8.42 Å². The summed E-state index contributed by atoms with van der Waals surface area (Å²) >= 11 is 5.80. The van der Waals surface area contributed by atoms with Gasteiger partial charge in [-0.2, -0.15) is 5.10 Å². The minimum absolute atomic E-state index is 0.0648. The quantitative estimate of drug-likeness (QED) is 0.737. The highest BCUT2D eigenvalue weighted by Gasteiger charge is 2.19. The van der Waals surface area contributed by atoms with E-state index in [2.05, 4.69) is 14.9 Å². The van der Waals surface area contributed by atoms with E-state index in [0.717, 1.165) is 18.5 Å². The summed E-state index contributed by atoms with van der Waals surface area (Å²) in [6, 6.07) is 5.94. The van der Waals surface area contributed by atoms with Gasteiger partial charge in [-0.3, -0.25) is 9.82 Å². The molecule has 2 rings (SSSR count). The molecule has 0 aliphatic rings. The molecule has 0 saturated heterocycles. The van der Waals surface area contributed by atoms with Crippen LogP contribution in [0.15, 0.2) is 29.2 Å². The molecule has 0 radical (unpaired) electrons. The maximum absolute atomic E-state index is 12.2. The molecule has 0 amide bonds. The van der Waals surface area contributed by atoms with E-state index in [1.165, 1.54) is 18.2 Å². The first-order valence-corrected chi connectivity index (χ1v) is 7.90. The fourth-order valence-electron chi connectivity index (χ4n) is 1.74. The number of benzene rings is 1. The molecule has 8 heteroatoms. The van der Waals surface area contributed by atoms with E-state index in [-0.39, 0.29) is 16.4 Å². The number of aryl methyl sites for hydroxylation is 1. The second kappa shape index (κ2) is 5.72. The number of nitrogens with two attached hydrogens (primary N) is 1. The van der Waals surface area contributed by atoms with Crippen LogP contribution in [-0.4, -0.2) is 18.6 Å². The number of nitrogens with zero attached hydrogens (tertiary/aromatic N) is 1. The summed E-state index contributed by atoms with van der Waals surface area (Å²) in [7, 11) is -3.81. The summed E-state index contributed by atoms with van der Waals surface area (Å²) in [4.78, 5) is -0.0648. The fourth-order valence-corrected chi connectivity index (χ4v) is 3.13.